The Morgan fingerprint density at radius 2 is 2.24 bits per heavy atom. The van der Waals surface area contributed by atoms with Crippen LogP contribution in [-0.4, -0.2) is 31.6 Å². The fraction of sp³-hybridized carbons (Fsp3) is 0.444. The molecule has 6 nitrogen and oxygen atoms in total. The van der Waals surface area contributed by atoms with Crippen LogP contribution in [0.25, 0.3) is 0 Å². The van der Waals surface area contributed by atoms with E-state index in [1.165, 1.54) is 6.20 Å². The topological polar surface area (TPSA) is 96.5 Å². The van der Waals surface area contributed by atoms with Crippen LogP contribution in [-0.2, 0) is 0 Å². The number of aliphatic hydroxyl groups is 2. The summed E-state index contributed by atoms with van der Waals surface area (Å²) in [6.45, 7) is 0. The Morgan fingerprint density at radius 3 is 2.76 bits per heavy atom. The zero-order chi connectivity index (χ0) is 13.0. The zero-order valence-electron chi connectivity index (χ0n) is 8.58. The molecule has 0 aromatic carbocycles. The molecule has 0 aliphatic heterocycles. The molecule has 0 amide bonds. The van der Waals surface area contributed by atoms with Crippen molar-refractivity contribution in [1.29, 1.82) is 0 Å². The molecule has 0 fully saturated rings. The van der Waals surface area contributed by atoms with Gasteiger partial charge < -0.3 is 10.2 Å². The molecule has 94 valence electrons. The molecule has 2 N–H and O–H groups in total. The van der Waals surface area contributed by atoms with E-state index in [-0.39, 0.29) is 10.7 Å². The largest absolute Gasteiger partial charge is 0.390 e. The lowest BCUT2D eigenvalue weighted by atomic mass is 10.0. The van der Waals surface area contributed by atoms with Gasteiger partial charge in [-0.25, -0.2) is 4.98 Å². The van der Waals surface area contributed by atoms with Gasteiger partial charge in [-0.05, 0) is 6.42 Å². The Balaban J connectivity index is 2.99. The number of rotatable bonds is 5. The van der Waals surface area contributed by atoms with Gasteiger partial charge in [0.15, 0.2) is 0 Å². The highest BCUT2D eigenvalue weighted by atomic mass is 79.9. The average molecular weight is 326 g/mol. The third-order valence-electron chi connectivity index (χ3n) is 2.15. The summed E-state index contributed by atoms with van der Waals surface area (Å²) in [7, 11) is 0. The fourth-order valence-corrected chi connectivity index (χ4v) is 1.88. The number of alkyl halides is 1. The van der Waals surface area contributed by atoms with E-state index in [0.29, 0.717) is 11.8 Å². The highest BCUT2D eigenvalue weighted by molar-refractivity contribution is 9.09. The Morgan fingerprint density at radius 1 is 1.59 bits per heavy atom. The van der Waals surface area contributed by atoms with Gasteiger partial charge in [0.25, 0.3) is 0 Å². The van der Waals surface area contributed by atoms with Crippen LogP contribution in [0.4, 0.5) is 5.69 Å². The number of hydrogen-bond acceptors (Lipinski definition) is 5. The van der Waals surface area contributed by atoms with Crippen molar-refractivity contribution in [3.05, 3.63) is 33.1 Å². The van der Waals surface area contributed by atoms with Crippen LogP contribution in [0.15, 0.2) is 12.3 Å². The normalized spacial score (nSPS) is 14.4. The number of aliphatic hydroxyl groups excluding tert-OH is 2. The molecule has 0 saturated heterocycles. The van der Waals surface area contributed by atoms with E-state index in [1.54, 1.807) is 0 Å². The predicted molar refractivity (Wildman–Crippen MR) is 65.3 cm³/mol. The molecule has 0 aliphatic rings. The van der Waals surface area contributed by atoms with E-state index in [4.69, 9.17) is 11.6 Å². The molecule has 0 spiro atoms. The third kappa shape index (κ3) is 3.60. The second-order valence-corrected chi connectivity index (χ2v) is 4.48. The molecule has 17 heavy (non-hydrogen) atoms. The summed E-state index contributed by atoms with van der Waals surface area (Å²) < 4.78 is 0. The first-order valence-electron chi connectivity index (χ1n) is 4.69. The average Bonchev–Trinajstić information content (AvgIpc) is 2.28. The van der Waals surface area contributed by atoms with Gasteiger partial charge in [-0.2, -0.15) is 0 Å². The van der Waals surface area contributed by atoms with Gasteiger partial charge in [0.2, 0.25) is 5.15 Å². The second kappa shape index (κ2) is 6.25. The van der Waals surface area contributed by atoms with Gasteiger partial charge in [-0.15, -0.1) is 0 Å². The molecule has 0 aliphatic carbocycles. The predicted octanol–water partition coefficient (Wildman–Crippen LogP) is 1.82. The number of hydrogen-bond donors (Lipinski definition) is 2. The van der Waals surface area contributed by atoms with E-state index in [1.807, 2.05) is 0 Å². The highest BCUT2D eigenvalue weighted by Crippen LogP contribution is 2.27. The van der Waals surface area contributed by atoms with Crippen LogP contribution in [0.3, 0.4) is 0 Å². The van der Waals surface area contributed by atoms with Gasteiger partial charge in [-0.3, -0.25) is 10.1 Å². The third-order valence-corrected chi connectivity index (χ3v) is 2.90. The monoisotopic (exact) mass is 324 g/mol. The maximum absolute atomic E-state index is 10.6. The summed E-state index contributed by atoms with van der Waals surface area (Å²) in [5.41, 5.74) is -0.233. The molecule has 1 rings (SSSR count). The minimum atomic E-state index is -1.23. The van der Waals surface area contributed by atoms with E-state index in [9.17, 15) is 20.3 Å². The minimum absolute atomic E-state index is 0.162. The van der Waals surface area contributed by atoms with Crippen molar-refractivity contribution in [2.75, 3.05) is 5.33 Å². The summed E-state index contributed by atoms with van der Waals surface area (Å²) in [4.78, 5) is 13.5. The summed E-state index contributed by atoms with van der Waals surface area (Å²) in [6, 6.07) is 1.11. The molecule has 0 bridgehead atoms. The molecule has 8 heteroatoms. The Kier molecular flexibility index (Phi) is 5.26. The van der Waals surface area contributed by atoms with Crippen molar-refractivity contribution in [2.45, 2.75) is 18.6 Å². The maximum Gasteiger partial charge on any atom is 0.306 e. The Bertz CT molecular complexity index is 418. The number of nitro groups is 1. The highest BCUT2D eigenvalue weighted by Gasteiger charge is 2.22. The van der Waals surface area contributed by atoms with Crippen molar-refractivity contribution in [3.63, 3.8) is 0 Å². The van der Waals surface area contributed by atoms with Crippen molar-refractivity contribution < 1.29 is 15.1 Å². The van der Waals surface area contributed by atoms with Gasteiger partial charge in [0.05, 0.1) is 11.0 Å². The molecule has 1 heterocycles. The first kappa shape index (κ1) is 14.3. The van der Waals surface area contributed by atoms with E-state index in [2.05, 4.69) is 20.9 Å². The maximum atomic E-state index is 10.6. The van der Waals surface area contributed by atoms with Gasteiger partial charge >= 0.3 is 5.69 Å². The quantitative estimate of drug-likeness (QED) is 0.372. The van der Waals surface area contributed by atoms with Crippen molar-refractivity contribution in [3.8, 4) is 0 Å². The summed E-state index contributed by atoms with van der Waals surface area (Å²) in [5, 5.41) is 30.2. The molecular weight excluding hydrogens is 315 g/mol. The van der Waals surface area contributed by atoms with Gasteiger partial charge in [-0.1, -0.05) is 27.5 Å². The van der Waals surface area contributed by atoms with Crippen molar-refractivity contribution in [1.82, 2.24) is 4.98 Å². The van der Waals surface area contributed by atoms with E-state index in [0.717, 1.165) is 6.07 Å². The summed E-state index contributed by atoms with van der Waals surface area (Å²) in [5.74, 6) is 0. The number of pyridine rings is 1. The Hall–Kier alpha value is -0.760. The summed E-state index contributed by atoms with van der Waals surface area (Å²) in [6.07, 6.45) is -0.720. The Labute approximate surface area is 111 Å². The first-order valence-corrected chi connectivity index (χ1v) is 6.19. The van der Waals surface area contributed by atoms with Crippen LogP contribution < -0.4 is 0 Å². The molecule has 0 radical (unpaired) electrons. The standard InChI is InChI=1S/C9H10BrClN2O4/c10-2-1-7(14)8(15)5-3-6(13(16)17)9(11)12-4-5/h3-4,7-8,14-15H,1-2H2. The lowest BCUT2D eigenvalue weighted by Gasteiger charge is -2.16. The molecule has 1 aromatic heterocycles. The number of nitrogens with zero attached hydrogens (tertiary/aromatic N) is 2. The van der Waals surface area contributed by atoms with Crippen LogP contribution in [0, 0.1) is 10.1 Å². The lowest BCUT2D eigenvalue weighted by Crippen LogP contribution is -2.19. The van der Waals surface area contributed by atoms with E-state index >= 15 is 0 Å². The minimum Gasteiger partial charge on any atom is -0.390 e. The van der Waals surface area contributed by atoms with Crippen LogP contribution in [0.5, 0.6) is 0 Å². The number of halogens is 2. The van der Waals surface area contributed by atoms with Gasteiger partial charge in [0, 0.05) is 23.2 Å². The SMILES string of the molecule is O=[N+]([O-])c1cc(C(O)C(O)CCBr)cnc1Cl. The molecule has 2 unspecified atom stereocenters. The smallest absolute Gasteiger partial charge is 0.306 e. The van der Waals surface area contributed by atoms with Crippen LogP contribution in [0.2, 0.25) is 5.15 Å². The summed E-state index contributed by atoms with van der Waals surface area (Å²) >= 11 is 8.66. The molecule has 1 aromatic rings. The van der Waals surface area contributed by atoms with Crippen LogP contribution in [0.1, 0.15) is 18.1 Å². The first-order chi connectivity index (χ1) is 7.97. The van der Waals surface area contributed by atoms with Crippen LogP contribution >= 0.6 is 27.5 Å². The molecule has 0 saturated carbocycles. The zero-order valence-corrected chi connectivity index (χ0v) is 10.9. The lowest BCUT2D eigenvalue weighted by molar-refractivity contribution is -0.385. The van der Waals surface area contributed by atoms with Gasteiger partial charge in [0.1, 0.15) is 6.10 Å². The van der Waals surface area contributed by atoms with Crippen molar-refractivity contribution in [2.24, 2.45) is 0 Å². The second-order valence-electron chi connectivity index (χ2n) is 3.33. The fourth-order valence-electron chi connectivity index (χ4n) is 1.23. The molecule has 2 atom stereocenters. The van der Waals surface area contributed by atoms with E-state index < -0.39 is 22.8 Å². The molecular formula is C9H10BrClN2O4. The van der Waals surface area contributed by atoms with Crippen molar-refractivity contribution >= 4 is 33.2 Å². The number of aromatic nitrogens is 1.